The first-order chi connectivity index (χ1) is 7.19. The number of H-pyrrole nitrogens is 1. The number of rotatable bonds is 5. The van der Waals surface area contributed by atoms with Crippen molar-refractivity contribution in [3.63, 3.8) is 0 Å². The van der Waals surface area contributed by atoms with Gasteiger partial charge in [0.1, 0.15) is 11.6 Å². The van der Waals surface area contributed by atoms with E-state index in [1.54, 1.807) is 7.11 Å². The predicted octanol–water partition coefficient (Wildman–Crippen LogP) is 0.493. The quantitative estimate of drug-likeness (QED) is 0.742. The van der Waals surface area contributed by atoms with Crippen LogP contribution >= 0.6 is 0 Å². The number of nitrogens with one attached hydrogen (secondary N) is 1. The number of aromatic nitrogens is 2. The van der Waals surface area contributed by atoms with Gasteiger partial charge in [-0.15, -0.1) is 0 Å². The monoisotopic (exact) mass is 211 g/mol. The molecule has 1 aromatic heterocycles. The summed E-state index contributed by atoms with van der Waals surface area (Å²) >= 11 is 0. The number of nitrogens with two attached hydrogens (primary N) is 1. The summed E-state index contributed by atoms with van der Waals surface area (Å²) in [6, 6.07) is 0. The largest absolute Gasteiger partial charge is 0.384 e. The van der Waals surface area contributed by atoms with Gasteiger partial charge in [0.05, 0.1) is 12.2 Å². The van der Waals surface area contributed by atoms with Gasteiger partial charge < -0.3 is 15.5 Å². The minimum atomic E-state index is -0.129. The molecule has 0 bridgehead atoms. The second-order valence-electron chi connectivity index (χ2n) is 3.37. The Kier molecular flexibility index (Phi) is 4.30. The topological polar surface area (TPSA) is 81.0 Å². The molecule has 0 radical (unpaired) electrons. The first kappa shape index (κ1) is 11.7. The molecular weight excluding hydrogens is 194 g/mol. The zero-order chi connectivity index (χ0) is 11.3. The molecule has 1 aromatic rings. The van der Waals surface area contributed by atoms with Crippen LogP contribution in [0.3, 0.4) is 0 Å². The van der Waals surface area contributed by atoms with Crippen molar-refractivity contribution < 1.29 is 4.74 Å². The lowest BCUT2D eigenvalue weighted by molar-refractivity contribution is 0.200. The van der Waals surface area contributed by atoms with E-state index in [9.17, 15) is 4.79 Å². The van der Waals surface area contributed by atoms with Gasteiger partial charge >= 0.3 is 0 Å². The van der Waals surface area contributed by atoms with Crippen LogP contribution in [0.4, 0.5) is 5.82 Å². The number of hydrogen-bond acceptors (Lipinski definition) is 4. The van der Waals surface area contributed by atoms with E-state index < -0.39 is 0 Å². The summed E-state index contributed by atoms with van der Waals surface area (Å²) < 4.78 is 4.90. The molecule has 1 heterocycles. The fraction of sp³-hybridized carbons (Fsp3) is 0.600. The molecule has 5 heteroatoms. The summed E-state index contributed by atoms with van der Waals surface area (Å²) in [6.07, 6.45) is 2.12. The van der Waals surface area contributed by atoms with E-state index in [0.717, 1.165) is 6.42 Å². The normalized spacial score (nSPS) is 10.5. The highest BCUT2D eigenvalue weighted by molar-refractivity contribution is 5.37. The number of hydrogen-bond donors (Lipinski definition) is 2. The van der Waals surface area contributed by atoms with E-state index >= 15 is 0 Å². The molecule has 0 amide bonds. The predicted molar refractivity (Wildman–Crippen MR) is 58.8 cm³/mol. The Morgan fingerprint density at radius 3 is 2.73 bits per heavy atom. The summed E-state index contributed by atoms with van der Waals surface area (Å²) in [4.78, 5) is 18.4. The molecule has 84 valence electrons. The van der Waals surface area contributed by atoms with Crippen molar-refractivity contribution in [2.75, 3.05) is 19.5 Å². The molecular formula is C10H17N3O2. The van der Waals surface area contributed by atoms with Gasteiger partial charge in [0.2, 0.25) is 0 Å². The first-order valence-corrected chi connectivity index (χ1v) is 5.05. The van der Waals surface area contributed by atoms with Crippen molar-refractivity contribution >= 4 is 5.82 Å². The summed E-state index contributed by atoms with van der Waals surface area (Å²) in [5, 5.41) is 0. The molecule has 15 heavy (non-hydrogen) atoms. The van der Waals surface area contributed by atoms with Crippen molar-refractivity contribution in [2.45, 2.75) is 26.2 Å². The molecule has 3 N–H and O–H groups in total. The maximum Gasteiger partial charge on any atom is 0.256 e. The van der Waals surface area contributed by atoms with E-state index in [1.807, 2.05) is 6.92 Å². The molecule has 0 atom stereocenters. The van der Waals surface area contributed by atoms with Gasteiger partial charge in [-0.1, -0.05) is 13.3 Å². The van der Waals surface area contributed by atoms with Crippen LogP contribution < -0.4 is 11.3 Å². The average Bonchev–Trinajstić information content (AvgIpc) is 2.20. The maximum absolute atomic E-state index is 11.6. The minimum Gasteiger partial charge on any atom is -0.384 e. The zero-order valence-electron chi connectivity index (χ0n) is 9.17. The van der Waals surface area contributed by atoms with E-state index in [4.69, 9.17) is 10.5 Å². The molecule has 5 nitrogen and oxygen atoms in total. The highest BCUT2D eigenvalue weighted by Crippen LogP contribution is 2.05. The minimum absolute atomic E-state index is 0.129. The van der Waals surface area contributed by atoms with Crippen LogP contribution in [-0.2, 0) is 17.6 Å². The standard InChI is InChI=1S/C10H17N3O2/c1-3-4-7-9(11)12-8(5-6-15-2)13-10(7)14/h3-6H2,1-2H3,(H3,11,12,13,14). The summed E-state index contributed by atoms with van der Waals surface area (Å²) in [5.41, 5.74) is 6.16. The highest BCUT2D eigenvalue weighted by Gasteiger charge is 2.07. The Labute approximate surface area is 88.7 Å². The summed E-state index contributed by atoms with van der Waals surface area (Å²) in [7, 11) is 1.60. The van der Waals surface area contributed by atoms with Crippen LogP contribution in [0.15, 0.2) is 4.79 Å². The van der Waals surface area contributed by atoms with Gasteiger partial charge in [-0.2, -0.15) is 0 Å². The van der Waals surface area contributed by atoms with Crippen LogP contribution in [0, 0.1) is 0 Å². The van der Waals surface area contributed by atoms with E-state index in [1.165, 1.54) is 0 Å². The van der Waals surface area contributed by atoms with E-state index in [0.29, 0.717) is 36.7 Å². The third-order valence-corrected chi connectivity index (χ3v) is 2.14. The SMILES string of the molecule is CCCc1c(N)nc(CCOC)[nH]c1=O. The molecule has 0 aliphatic carbocycles. The van der Waals surface area contributed by atoms with Crippen LogP contribution in [0.25, 0.3) is 0 Å². The molecule has 0 aliphatic rings. The van der Waals surface area contributed by atoms with Crippen LogP contribution in [0.1, 0.15) is 24.7 Å². The lowest BCUT2D eigenvalue weighted by atomic mass is 10.2. The molecule has 0 unspecified atom stereocenters. The van der Waals surface area contributed by atoms with Gasteiger partial charge in [0.15, 0.2) is 0 Å². The number of methoxy groups -OCH3 is 1. The second kappa shape index (κ2) is 5.50. The van der Waals surface area contributed by atoms with Crippen molar-refractivity contribution in [3.8, 4) is 0 Å². The van der Waals surface area contributed by atoms with Crippen molar-refractivity contribution in [1.82, 2.24) is 9.97 Å². The third-order valence-electron chi connectivity index (χ3n) is 2.14. The van der Waals surface area contributed by atoms with Gasteiger partial charge in [-0.05, 0) is 6.42 Å². The maximum atomic E-state index is 11.6. The zero-order valence-corrected chi connectivity index (χ0v) is 9.17. The molecule has 0 saturated carbocycles. The second-order valence-corrected chi connectivity index (χ2v) is 3.37. The van der Waals surface area contributed by atoms with Crippen LogP contribution in [0.2, 0.25) is 0 Å². The Hall–Kier alpha value is -1.36. The smallest absolute Gasteiger partial charge is 0.256 e. The molecule has 0 aliphatic heterocycles. The van der Waals surface area contributed by atoms with E-state index in [-0.39, 0.29) is 5.56 Å². The van der Waals surface area contributed by atoms with Gasteiger partial charge in [0.25, 0.3) is 5.56 Å². The van der Waals surface area contributed by atoms with Gasteiger partial charge in [0, 0.05) is 13.5 Å². The number of nitrogen functional groups attached to an aromatic ring is 1. The molecule has 1 rings (SSSR count). The number of ether oxygens (including phenoxy) is 1. The fourth-order valence-corrected chi connectivity index (χ4v) is 1.37. The first-order valence-electron chi connectivity index (χ1n) is 5.05. The molecule has 0 spiro atoms. The molecule has 0 aromatic carbocycles. The average molecular weight is 211 g/mol. The molecule has 0 saturated heterocycles. The fourth-order valence-electron chi connectivity index (χ4n) is 1.37. The van der Waals surface area contributed by atoms with E-state index in [2.05, 4.69) is 9.97 Å². The van der Waals surface area contributed by atoms with Crippen molar-refractivity contribution in [3.05, 3.63) is 21.7 Å². The Bertz CT molecular complexity index is 373. The Morgan fingerprint density at radius 1 is 1.47 bits per heavy atom. The summed E-state index contributed by atoms with van der Waals surface area (Å²) in [5.74, 6) is 0.922. The molecule has 0 fully saturated rings. The number of nitrogens with zero attached hydrogens (tertiary/aromatic N) is 1. The number of anilines is 1. The lowest BCUT2D eigenvalue weighted by Gasteiger charge is -2.05. The van der Waals surface area contributed by atoms with Crippen LogP contribution in [-0.4, -0.2) is 23.7 Å². The highest BCUT2D eigenvalue weighted by atomic mass is 16.5. The Balaban J connectivity index is 2.92. The Morgan fingerprint density at radius 2 is 2.20 bits per heavy atom. The van der Waals surface area contributed by atoms with Crippen LogP contribution in [0.5, 0.6) is 0 Å². The third kappa shape index (κ3) is 3.06. The summed E-state index contributed by atoms with van der Waals surface area (Å²) in [6.45, 7) is 2.52. The van der Waals surface area contributed by atoms with Gasteiger partial charge in [-0.3, -0.25) is 4.79 Å². The lowest BCUT2D eigenvalue weighted by Crippen LogP contribution is -2.20. The van der Waals surface area contributed by atoms with Gasteiger partial charge in [-0.25, -0.2) is 4.98 Å². The number of aromatic amines is 1. The van der Waals surface area contributed by atoms with Crippen molar-refractivity contribution in [2.24, 2.45) is 0 Å². The van der Waals surface area contributed by atoms with Crippen molar-refractivity contribution in [1.29, 1.82) is 0 Å².